The van der Waals surface area contributed by atoms with Gasteiger partial charge in [-0.1, -0.05) is 13.8 Å². The Morgan fingerprint density at radius 3 is 2.64 bits per heavy atom. The smallest absolute Gasteiger partial charge is 0.315 e. The minimum Gasteiger partial charge on any atom is -0.497 e. The summed E-state index contributed by atoms with van der Waals surface area (Å²) in [5.41, 5.74) is 0.817. The number of carbonyl (C=O) groups is 2. The number of urea groups is 1. The van der Waals surface area contributed by atoms with Crippen LogP contribution in [0.15, 0.2) is 24.3 Å². The topological polar surface area (TPSA) is 70.7 Å². The molecule has 1 heterocycles. The molecule has 1 aliphatic heterocycles. The molecule has 22 heavy (non-hydrogen) atoms. The van der Waals surface area contributed by atoms with Crippen LogP contribution in [0.25, 0.3) is 0 Å². The van der Waals surface area contributed by atoms with Crippen LogP contribution in [0, 0.1) is 5.92 Å². The predicted octanol–water partition coefficient (Wildman–Crippen LogP) is 1.76. The number of methoxy groups -OCH3 is 1. The van der Waals surface area contributed by atoms with E-state index in [9.17, 15) is 9.59 Å². The van der Waals surface area contributed by atoms with Crippen LogP contribution in [0.3, 0.4) is 0 Å². The number of hydrogen-bond donors (Lipinski definition) is 2. The van der Waals surface area contributed by atoms with Crippen molar-refractivity contribution in [2.45, 2.75) is 26.3 Å². The van der Waals surface area contributed by atoms with E-state index in [1.165, 1.54) is 0 Å². The molecule has 1 fully saturated rings. The number of amides is 3. The number of rotatable bonds is 5. The van der Waals surface area contributed by atoms with Gasteiger partial charge in [-0.05, 0) is 30.2 Å². The van der Waals surface area contributed by atoms with Crippen molar-refractivity contribution in [1.82, 2.24) is 10.6 Å². The summed E-state index contributed by atoms with van der Waals surface area (Å²) in [5, 5.41) is 5.65. The van der Waals surface area contributed by atoms with Crippen LogP contribution in [0.5, 0.6) is 5.75 Å². The highest BCUT2D eigenvalue weighted by Crippen LogP contribution is 2.24. The van der Waals surface area contributed by atoms with Crippen LogP contribution >= 0.6 is 0 Å². The highest BCUT2D eigenvalue weighted by molar-refractivity contribution is 5.96. The highest BCUT2D eigenvalue weighted by atomic mass is 16.5. The third-order valence-electron chi connectivity index (χ3n) is 3.52. The molecule has 1 aliphatic rings. The van der Waals surface area contributed by atoms with Gasteiger partial charge in [-0.15, -0.1) is 0 Å². The Morgan fingerprint density at radius 2 is 2.05 bits per heavy atom. The molecule has 6 nitrogen and oxygen atoms in total. The molecular formula is C16H23N3O3. The van der Waals surface area contributed by atoms with E-state index >= 15 is 0 Å². The molecule has 0 saturated carbocycles. The van der Waals surface area contributed by atoms with Crippen LogP contribution < -0.4 is 20.3 Å². The molecule has 1 aromatic carbocycles. The van der Waals surface area contributed by atoms with Gasteiger partial charge in [0.25, 0.3) is 0 Å². The molecule has 0 unspecified atom stereocenters. The van der Waals surface area contributed by atoms with Crippen LogP contribution in [0.2, 0.25) is 0 Å². The van der Waals surface area contributed by atoms with Crippen molar-refractivity contribution in [1.29, 1.82) is 0 Å². The third kappa shape index (κ3) is 4.13. The van der Waals surface area contributed by atoms with E-state index in [1.54, 1.807) is 12.0 Å². The quantitative estimate of drug-likeness (QED) is 0.871. The fourth-order valence-electron chi connectivity index (χ4n) is 2.35. The SMILES string of the molecule is COc1ccc(N2C[C@@H](NC(=O)NCC(C)C)CC2=O)cc1. The lowest BCUT2D eigenvalue weighted by atomic mass is 10.2. The number of ether oxygens (including phenoxy) is 1. The summed E-state index contributed by atoms with van der Waals surface area (Å²) in [5.74, 6) is 1.16. The number of carbonyl (C=O) groups excluding carboxylic acids is 2. The number of benzene rings is 1. The van der Waals surface area contributed by atoms with Crippen molar-refractivity contribution >= 4 is 17.6 Å². The first-order chi connectivity index (χ1) is 10.5. The molecule has 1 saturated heterocycles. The van der Waals surface area contributed by atoms with Gasteiger partial charge in [0.05, 0.1) is 13.2 Å². The average molecular weight is 305 g/mol. The average Bonchev–Trinajstić information content (AvgIpc) is 2.85. The van der Waals surface area contributed by atoms with Gasteiger partial charge in [0, 0.05) is 25.2 Å². The summed E-state index contributed by atoms with van der Waals surface area (Å²) in [7, 11) is 1.60. The van der Waals surface area contributed by atoms with E-state index in [2.05, 4.69) is 10.6 Å². The zero-order valence-corrected chi connectivity index (χ0v) is 13.3. The van der Waals surface area contributed by atoms with Gasteiger partial charge in [-0.25, -0.2) is 4.79 Å². The summed E-state index contributed by atoms with van der Waals surface area (Å²) in [6.45, 7) is 5.17. The van der Waals surface area contributed by atoms with E-state index in [0.29, 0.717) is 25.4 Å². The van der Waals surface area contributed by atoms with Crippen molar-refractivity contribution in [3.63, 3.8) is 0 Å². The van der Waals surface area contributed by atoms with Crippen LogP contribution in [-0.4, -0.2) is 38.2 Å². The lowest BCUT2D eigenvalue weighted by Crippen LogP contribution is -2.44. The highest BCUT2D eigenvalue weighted by Gasteiger charge is 2.31. The van der Waals surface area contributed by atoms with Gasteiger partial charge in [0.2, 0.25) is 5.91 Å². The Bertz CT molecular complexity index is 528. The molecule has 0 radical (unpaired) electrons. The van der Waals surface area contributed by atoms with Gasteiger partial charge < -0.3 is 20.3 Å². The molecule has 2 rings (SSSR count). The molecule has 1 atom stereocenters. The maximum absolute atomic E-state index is 12.1. The largest absolute Gasteiger partial charge is 0.497 e. The van der Waals surface area contributed by atoms with Crippen molar-refractivity contribution < 1.29 is 14.3 Å². The summed E-state index contributed by atoms with van der Waals surface area (Å²) >= 11 is 0. The van der Waals surface area contributed by atoms with Gasteiger partial charge in [0.1, 0.15) is 5.75 Å². The Balaban J connectivity index is 1.91. The van der Waals surface area contributed by atoms with E-state index in [-0.39, 0.29) is 18.0 Å². The molecule has 0 bridgehead atoms. The maximum atomic E-state index is 12.1. The van der Waals surface area contributed by atoms with Crippen LogP contribution in [0.1, 0.15) is 20.3 Å². The molecule has 6 heteroatoms. The van der Waals surface area contributed by atoms with E-state index in [0.717, 1.165) is 11.4 Å². The second-order valence-corrected chi connectivity index (χ2v) is 5.85. The number of hydrogen-bond acceptors (Lipinski definition) is 3. The van der Waals surface area contributed by atoms with Crippen LogP contribution in [0.4, 0.5) is 10.5 Å². The molecule has 0 spiro atoms. The standard InChI is InChI=1S/C16H23N3O3/c1-11(2)9-17-16(21)18-12-8-15(20)19(10-12)13-4-6-14(22-3)7-5-13/h4-7,11-12H,8-10H2,1-3H3,(H2,17,18,21)/t12-/m0/s1. The van der Waals surface area contributed by atoms with Gasteiger partial charge in [-0.3, -0.25) is 4.79 Å². The normalized spacial score (nSPS) is 17.7. The van der Waals surface area contributed by atoms with Crippen molar-refractivity contribution in [2.24, 2.45) is 5.92 Å². The second kappa shape index (κ2) is 7.15. The molecule has 2 N–H and O–H groups in total. The summed E-state index contributed by atoms with van der Waals surface area (Å²) in [6.07, 6.45) is 0.321. The van der Waals surface area contributed by atoms with Crippen molar-refractivity contribution in [3.05, 3.63) is 24.3 Å². The fourth-order valence-corrected chi connectivity index (χ4v) is 2.35. The number of anilines is 1. The lowest BCUT2D eigenvalue weighted by molar-refractivity contribution is -0.117. The van der Waals surface area contributed by atoms with E-state index in [4.69, 9.17) is 4.74 Å². The fraction of sp³-hybridized carbons (Fsp3) is 0.500. The van der Waals surface area contributed by atoms with Crippen LogP contribution in [-0.2, 0) is 4.79 Å². The van der Waals surface area contributed by atoms with Gasteiger partial charge >= 0.3 is 6.03 Å². The number of nitrogens with zero attached hydrogens (tertiary/aromatic N) is 1. The third-order valence-corrected chi connectivity index (χ3v) is 3.52. The zero-order chi connectivity index (χ0) is 16.1. The van der Waals surface area contributed by atoms with E-state index < -0.39 is 0 Å². The molecule has 120 valence electrons. The monoisotopic (exact) mass is 305 g/mol. The van der Waals surface area contributed by atoms with E-state index in [1.807, 2.05) is 38.1 Å². The van der Waals surface area contributed by atoms with Gasteiger partial charge in [0.15, 0.2) is 0 Å². The lowest BCUT2D eigenvalue weighted by Gasteiger charge is -2.18. The van der Waals surface area contributed by atoms with Crippen molar-refractivity contribution in [3.8, 4) is 5.75 Å². The molecule has 0 aliphatic carbocycles. The minimum atomic E-state index is -0.219. The maximum Gasteiger partial charge on any atom is 0.315 e. The first kappa shape index (κ1) is 16.1. The molecule has 0 aromatic heterocycles. The molecular weight excluding hydrogens is 282 g/mol. The predicted molar refractivity (Wildman–Crippen MR) is 85.1 cm³/mol. The Kier molecular flexibility index (Phi) is 5.25. The minimum absolute atomic E-state index is 0.0133. The second-order valence-electron chi connectivity index (χ2n) is 5.85. The summed E-state index contributed by atoms with van der Waals surface area (Å²) < 4.78 is 5.11. The Hall–Kier alpha value is -2.24. The first-order valence-corrected chi connectivity index (χ1v) is 7.48. The Labute approximate surface area is 130 Å². The summed E-state index contributed by atoms with van der Waals surface area (Å²) in [6, 6.07) is 6.94. The number of nitrogens with one attached hydrogen (secondary N) is 2. The van der Waals surface area contributed by atoms with Crippen molar-refractivity contribution in [2.75, 3.05) is 25.1 Å². The Morgan fingerprint density at radius 1 is 1.36 bits per heavy atom. The first-order valence-electron chi connectivity index (χ1n) is 7.48. The van der Waals surface area contributed by atoms with Gasteiger partial charge in [-0.2, -0.15) is 0 Å². The summed E-state index contributed by atoms with van der Waals surface area (Å²) in [4.78, 5) is 25.6. The molecule has 3 amide bonds. The zero-order valence-electron chi connectivity index (χ0n) is 13.3. The molecule has 1 aromatic rings.